The van der Waals surface area contributed by atoms with Gasteiger partial charge in [-0.3, -0.25) is 19.7 Å². The minimum absolute atomic E-state index is 0.0758. The van der Waals surface area contributed by atoms with Gasteiger partial charge in [0.05, 0.1) is 0 Å². The second-order valence-electron chi connectivity index (χ2n) is 5.59. The van der Waals surface area contributed by atoms with Crippen LogP contribution in [-0.4, -0.2) is 39.9 Å². The number of hydrogen-bond donors (Lipinski definition) is 1. The molecule has 5 nitrogen and oxygen atoms in total. The van der Waals surface area contributed by atoms with E-state index in [2.05, 4.69) is 32.3 Å². The zero-order valence-electron chi connectivity index (χ0n) is 12.5. The summed E-state index contributed by atoms with van der Waals surface area (Å²) in [4.78, 5) is 22.6. The standard InChI is InChI=1S/C17H20N4O/c22-17(16-3-1-2-8-19-16)20-15-6-11-21(12-7-15)13-14-4-9-18-10-5-14/h1-5,8-10,15H,6-7,11-13H2,(H,20,22). The van der Waals surface area contributed by atoms with Crippen LogP contribution in [0.3, 0.4) is 0 Å². The predicted molar refractivity (Wildman–Crippen MR) is 84.2 cm³/mol. The van der Waals surface area contributed by atoms with Crippen LogP contribution in [0.5, 0.6) is 0 Å². The van der Waals surface area contributed by atoms with Gasteiger partial charge >= 0.3 is 0 Å². The van der Waals surface area contributed by atoms with Crippen LogP contribution in [0, 0.1) is 0 Å². The molecule has 2 aromatic heterocycles. The van der Waals surface area contributed by atoms with E-state index in [0.717, 1.165) is 32.5 Å². The molecule has 1 N–H and O–H groups in total. The Kier molecular flexibility index (Phi) is 4.75. The molecule has 5 heteroatoms. The van der Waals surface area contributed by atoms with Crippen molar-refractivity contribution in [1.29, 1.82) is 0 Å². The summed E-state index contributed by atoms with van der Waals surface area (Å²) in [7, 11) is 0. The van der Waals surface area contributed by atoms with Gasteiger partial charge < -0.3 is 5.32 Å². The molecule has 0 aromatic carbocycles. The van der Waals surface area contributed by atoms with Gasteiger partial charge in [-0.1, -0.05) is 6.07 Å². The molecule has 22 heavy (non-hydrogen) atoms. The first-order chi connectivity index (χ1) is 10.8. The minimum atomic E-state index is -0.0758. The van der Waals surface area contributed by atoms with Crippen molar-refractivity contribution in [3.8, 4) is 0 Å². The molecule has 0 saturated carbocycles. The molecule has 3 heterocycles. The van der Waals surface area contributed by atoms with E-state index in [1.165, 1.54) is 5.56 Å². The van der Waals surface area contributed by atoms with Crippen molar-refractivity contribution in [3.63, 3.8) is 0 Å². The second kappa shape index (κ2) is 7.13. The zero-order chi connectivity index (χ0) is 15.2. The third-order valence-electron chi connectivity index (χ3n) is 3.98. The normalized spacial score (nSPS) is 16.4. The fourth-order valence-electron chi connectivity index (χ4n) is 2.74. The van der Waals surface area contributed by atoms with E-state index in [-0.39, 0.29) is 11.9 Å². The molecule has 0 atom stereocenters. The topological polar surface area (TPSA) is 58.1 Å². The Labute approximate surface area is 130 Å². The maximum Gasteiger partial charge on any atom is 0.270 e. The molecular formula is C17H20N4O. The van der Waals surface area contributed by atoms with E-state index in [1.54, 1.807) is 12.3 Å². The van der Waals surface area contributed by atoms with Gasteiger partial charge in [-0.2, -0.15) is 0 Å². The highest BCUT2D eigenvalue weighted by atomic mass is 16.1. The number of nitrogens with zero attached hydrogens (tertiary/aromatic N) is 3. The SMILES string of the molecule is O=C(NC1CCN(Cc2ccncc2)CC1)c1ccccn1. The number of carbonyl (C=O) groups excluding carboxylic acids is 1. The highest BCUT2D eigenvalue weighted by Crippen LogP contribution is 2.14. The number of pyridine rings is 2. The third-order valence-corrected chi connectivity index (χ3v) is 3.98. The first-order valence-electron chi connectivity index (χ1n) is 7.64. The van der Waals surface area contributed by atoms with Gasteiger partial charge in [-0.05, 0) is 42.7 Å². The Morgan fingerprint density at radius 3 is 2.59 bits per heavy atom. The largest absolute Gasteiger partial charge is 0.348 e. The quantitative estimate of drug-likeness (QED) is 0.936. The lowest BCUT2D eigenvalue weighted by Crippen LogP contribution is -2.44. The molecular weight excluding hydrogens is 276 g/mol. The van der Waals surface area contributed by atoms with Gasteiger partial charge in [0.15, 0.2) is 0 Å². The van der Waals surface area contributed by atoms with E-state index in [4.69, 9.17) is 0 Å². The molecule has 0 radical (unpaired) electrons. The summed E-state index contributed by atoms with van der Waals surface area (Å²) >= 11 is 0. The second-order valence-corrected chi connectivity index (χ2v) is 5.59. The van der Waals surface area contributed by atoms with Crippen molar-refractivity contribution < 1.29 is 4.79 Å². The number of aromatic nitrogens is 2. The van der Waals surface area contributed by atoms with Gasteiger partial charge in [0, 0.05) is 44.3 Å². The number of likely N-dealkylation sites (tertiary alicyclic amines) is 1. The maximum absolute atomic E-state index is 12.1. The van der Waals surface area contributed by atoms with Gasteiger partial charge in [0.1, 0.15) is 5.69 Å². The Balaban J connectivity index is 1.47. The molecule has 1 amide bonds. The number of amides is 1. The average molecular weight is 296 g/mol. The summed E-state index contributed by atoms with van der Waals surface area (Å²) in [6.07, 6.45) is 7.25. The summed E-state index contributed by atoms with van der Waals surface area (Å²) < 4.78 is 0. The molecule has 3 rings (SSSR count). The minimum Gasteiger partial charge on any atom is -0.348 e. The first-order valence-corrected chi connectivity index (χ1v) is 7.64. The van der Waals surface area contributed by atoms with Crippen molar-refractivity contribution in [2.75, 3.05) is 13.1 Å². The molecule has 1 aliphatic heterocycles. The number of piperidine rings is 1. The number of hydrogen-bond acceptors (Lipinski definition) is 4. The third kappa shape index (κ3) is 3.89. The van der Waals surface area contributed by atoms with Crippen molar-refractivity contribution in [3.05, 3.63) is 60.2 Å². The van der Waals surface area contributed by atoms with E-state index in [0.29, 0.717) is 5.69 Å². The zero-order valence-corrected chi connectivity index (χ0v) is 12.5. The first kappa shape index (κ1) is 14.7. The molecule has 114 valence electrons. The van der Waals surface area contributed by atoms with Crippen LogP contribution < -0.4 is 5.32 Å². The molecule has 1 aliphatic rings. The van der Waals surface area contributed by atoms with Crippen LogP contribution in [0.25, 0.3) is 0 Å². The molecule has 1 fully saturated rings. The molecule has 0 unspecified atom stereocenters. The molecule has 0 bridgehead atoms. The van der Waals surface area contributed by atoms with Gasteiger partial charge in [-0.25, -0.2) is 0 Å². The molecule has 0 spiro atoms. The average Bonchev–Trinajstić information content (AvgIpc) is 2.58. The molecule has 0 aliphatic carbocycles. The van der Waals surface area contributed by atoms with Crippen LogP contribution in [0.4, 0.5) is 0 Å². The number of rotatable bonds is 4. The fraction of sp³-hybridized carbons (Fsp3) is 0.353. The summed E-state index contributed by atoms with van der Waals surface area (Å²) in [5.41, 5.74) is 1.77. The Morgan fingerprint density at radius 2 is 1.91 bits per heavy atom. The van der Waals surface area contributed by atoms with Crippen LogP contribution in [0.15, 0.2) is 48.9 Å². The van der Waals surface area contributed by atoms with Gasteiger partial charge in [0.2, 0.25) is 0 Å². The van der Waals surface area contributed by atoms with E-state index in [9.17, 15) is 4.79 Å². The van der Waals surface area contributed by atoms with Gasteiger partial charge in [-0.15, -0.1) is 0 Å². The van der Waals surface area contributed by atoms with Crippen LogP contribution in [0.1, 0.15) is 28.9 Å². The summed E-state index contributed by atoms with van der Waals surface area (Å²) in [5.74, 6) is -0.0758. The van der Waals surface area contributed by atoms with E-state index < -0.39 is 0 Å². The van der Waals surface area contributed by atoms with Crippen molar-refractivity contribution >= 4 is 5.91 Å². The van der Waals surface area contributed by atoms with E-state index >= 15 is 0 Å². The lowest BCUT2D eigenvalue weighted by atomic mass is 10.0. The van der Waals surface area contributed by atoms with E-state index in [1.807, 2.05) is 24.5 Å². The van der Waals surface area contributed by atoms with Gasteiger partial charge in [0.25, 0.3) is 5.91 Å². The highest BCUT2D eigenvalue weighted by molar-refractivity contribution is 5.92. The van der Waals surface area contributed by atoms with Crippen LogP contribution in [-0.2, 0) is 6.54 Å². The molecule has 1 saturated heterocycles. The Morgan fingerprint density at radius 1 is 1.14 bits per heavy atom. The Bertz CT molecular complexity index is 595. The Hall–Kier alpha value is -2.27. The van der Waals surface area contributed by atoms with Crippen molar-refractivity contribution in [2.24, 2.45) is 0 Å². The predicted octanol–water partition coefficient (Wildman–Crippen LogP) is 1.87. The smallest absolute Gasteiger partial charge is 0.270 e. The van der Waals surface area contributed by atoms with Crippen molar-refractivity contribution in [1.82, 2.24) is 20.2 Å². The number of carbonyl (C=O) groups is 1. The highest BCUT2D eigenvalue weighted by Gasteiger charge is 2.21. The summed E-state index contributed by atoms with van der Waals surface area (Å²) in [5, 5.41) is 3.08. The summed E-state index contributed by atoms with van der Waals surface area (Å²) in [6, 6.07) is 9.73. The lowest BCUT2D eigenvalue weighted by Gasteiger charge is -2.32. The van der Waals surface area contributed by atoms with Crippen LogP contribution in [0.2, 0.25) is 0 Å². The summed E-state index contributed by atoms with van der Waals surface area (Å²) in [6.45, 7) is 2.94. The van der Waals surface area contributed by atoms with Crippen molar-refractivity contribution in [2.45, 2.75) is 25.4 Å². The fourth-order valence-corrected chi connectivity index (χ4v) is 2.74. The lowest BCUT2D eigenvalue weighted by molar-refractivity contribution is 0.0904. The number of nitrogens with one attached hydrogen (secondary N) is 1. The molecule has 2 aromatic rings. The monoisotopic (exact) mass is 296 g/mol. The maximum atomic E-state index is 12.1. The van der Waals surface area contributed by atoms with Crippen LogP contribution >= 0.6 is 0 Å².